The molecule has 0 spiro atoms. The van der Waals surface area contributed by atoms with Gasteiger partial charge < -0.3 is 9.73 Å². The Morgan fingerprint density at radius 2 is 2.24 bits per heavy atom. The highest BCUT2D eigenvalue weighted by atomic mass is 35.5. The number of furan rings is 1. The number of carbonyl (C=O) groups is 1. The number of hydrogen-bond acceptors (Lipinski definition) is 2. The smallest absolute Gasteiger partial charge is 0.255 e. The lowest BCUT2D eigenvalue weighted by atomic mass is 9.95. The summed E-state index contributed by atoms with van der Waals surface area (Å²) in [6.45, 7) is 6.02. The Labute approximate surface area is 108 Å². The summed E-state index contributed by atoms with van der Waals surface area (Å²) in [4.78, 5) is 12.1. The highest BCUT2D eigenvalue weighted by molar-refractivity contribution is 6.17. The summed E-state index contributed by atoms with van der Waals surface area (Å²) in [6.07, 6.45) is 3.88. The van der Waals surface area contributed by atoms with Crippen LogP contribution in [0.1, 0.15) is 49.7 Å². The Bertz CT molecular complexity index is 375. The van der Waals surface area contributed by atoms with Crippen molar-refractivity contribution < 1.29 is 9.21 Å². The highest BCUT2D eigenvalue weighted by Crippen LogP contribution is 2.18. The van der Waals surface area contributed by atoms with Crippen LogP contribution in [-0.2, 0) is 6.42 Å². The summed E-state index contributed by atoms with van der Waals surface area (Å²) in [5.74, 6) is 1.19. The number of hydrogen-bond donors (Lipinski definition) is 1. The molecule has 4 heteroatoms. The predicted octanol–water partition coefficient (Wildman–Crippen LogP) is 3.37. The van der Waals surface area contributed by atoms with Crippen LogP contribution in [-0.4, -0.2) is 17.3 Å². The molecule has 1 atom stereocenters. The summed E-state index contributed by atoms with van der Waals surface area (Å²) >= 11 is 5.76. The minimum Gasteiger partial charge on any atom is -0.469 e. The fraction of sp³-hybridized carbons (Fsp3) is 0.615. The normalized spacial score (nSPS) is 14.4. The largest absolute Gasteiger partial charge is 0.469 e. The van der Waals surface area contributed by atoms with E-state index >= 15 is 0 Å². The summed E-state index contributed by atoms with van der Waals surface area (Å²) < 4.78 is 5.26. The number of halogens is 1. The fourth-order valence-corrected chi connectivity index (χ4v) is 2.11. The maximum atomic E-state index is 12.1. The summed E-state index contributed by atoms with van der Waals surface area (Å²) in [5, 5.41) is 3.04. The Balaban J connectivity index is 2.77. The van der Waals surface area contributed by atoms with Gasteiger partial charge in [0.15, 0.2) is 0 Å². The van der Waals surface area contributed by atoms with Crippen LogP contribution in [0.25, 0.3) is 0 Å². The van der Waals surface area contributed by atoms with Gasteiger partial charge in [0.25, 0.3) is 5.91 Å². The summed E-state index contributed by atoms with van der Waals surface area (Å²) in [5.41, 5.74) is 0.378. The molecule has 1 heterocycles. The molecule has 0 aliphatic heterocycles. The van der Waals surface area contributed by atoms with Crippen molar-refractivity contribution in [2.24, 2.45) is 0 Å². The van der Waals surface area contributed by atoms with E-state index in [0.29, 0.717) is 17.9 Å². The van der Waals surface area contributed by atoms with E-state index in [1.165, 1.54) is 0 Å². The van der Waals surface area contributed by atoms with Gasteiger partial charge in [-0.2, -0.15) is 0 Å². The van der Waals surface area contributed by atoms with Gasteiger partial charge >= 0.3 is 0 Å². The van der Waals surface area contributed by atoms with Crippen LogP contribution >= 0.6 is 11.6 Å². The van der Waals surface area contributed by atoms with Crippen molar-refractivity contribution >= 4 is 17.5 Å². The maximum Gasteiger partial charge on any atom is 0.255 e. The number of aryl methyl sites for hydroxylation is 1. The van der Waals surface area contributed by atoms with Crippen molar-refractivity contribution in [3.05, 3.63) is 23.7 Å². The summed E-state index contributed by atoms with van der Waals surface area (Å²) in [6, 6.07) is 1.71. The number of amides is 1. The average molecular weight is 258 g/mol. The molecule has 96 valence electrons. The van der Waals surface area contributed by atoms with E-state index in [1.54, 1.807) is 12.3 Å². The molecular formula is C13H20ClNO2. The van der Waals surface area contributed by atoms with E-state index in [2.05, 4.69) is 5.32 Å². The van der Waals surface area contributed by atoms with Crippen LogP contribution in [0.4, 0.5) is 0 Å². The second-order valence-corrected chi connectivity index (χ2v) is 4.80. The fourth-order valence-electron chi connectivity index (χ4n) is 1.69. The quantitative estimate of drug-likeness (QED) is 0.794. The Morgan fingerprint density at radius 1 is 1.53 bits per heavy atom. The van der Waals surface area contributed by atoms with Crippen molar-refractivity contribution in [1.82, 2.24) is 5.32 Å². The molecule has 0 aliphatic rings. The molecule has 0 aromatic carbocycles. The van der Waals surface area contributed by atoms with Gasteiger partial charge in [-0.3, -0.25) is 4.79 Å². The molecule has 0 aliphatic carbocycles. The first-order valence-electron chi connectivity index (χ1n) is 6.01. The van der Waals surface area contributed by atoms with E-state index in [0.717, 1.165) is 18.6 Å². The van der Waals surface area contributed by atoms with Crippen LogP contribution in [0, 0.1) is 0 Å². The number of nitrogens with one attached hydrogen (secondary N) is 1. The van der Waals surface area contributed by atoms with Crippen molar-refractivity contribution in [3.8, 4) is 0 Å². The molecule has 0 saturated heterocycles. The number of alkyl halides is 1. The van der Waals surface area contributed by atoms with Gasteiger partial charge in [-0.15, -0.1) is 11.6 Å². The van der Waals surface area contributed by atoms with Crippen LogP contribution in [0.15, 0.2) is 16.7 Å². The van der Waals surface area contributed by atoms with E-state index in [1.807, 2.05) is 20.8 Å². The van der Waals surface area contributed by atoms with Gasteiger partial charge in [-0.05, 0) is 25.8 Å². The van der Waals surface area contributed by atoms with Crippen molar-refractivity contribution in [2.75, 3.05) is 5.88 Å². The van der Waals surface area contributed by atoms with Gasteiger partial charge in [-0.25, -0.2) is 0 Å². The molecule has 17 heavy (non-hydrogen) atoms. The maximum absolute atomic E-state index is 12.1. The molecule has 1 amide bonds. The second-order valence-electron chi connectivity index (χ2n) is 4.42. The van der Waals surface area contributed by atoms with Gasteiger partial charge in [0.2, 0.25) is 0 Å². The van der Waals surface area contributed by atoms with Gasteiger partial charge in [-0.1, -0.05) is 13.8 Å². The van der Waals surface area contributed by atoms with E-state index in [-0.39, 0.29) is 11.4 Å². The molecule has 1 aromatic rings. The number of carbonyl (C=O) groups excluding carboxylic acids is 1. The Kier molecular flexibility index (Phi) is 5.06. The minimum atomic E-state index is -0.249. The van der Waals surface area contributed by atoms with Crippen molar-refractivity contribution in [1.29, 1.82) is 0 Å². The van der Waals surface area contributed by atoms with Gasteiger partial charge in [0.1, 0.15) is 5.76 Å². The zero-order valence-electron chi connectivity index (χ0n) is 10.7. The molecule has 3 nitrogen and oxygen atoms in total. The van der Waals surface area contributed by atoms with E-state index < -0.39 is 0 Å². The molecule has 1 N–H and O–H groups in total. The molecule has 1 rings (SSSR count). The lowest BCUT2D eigenvalue weighted by molar-refractivity contribution is 0.0899. The first-order chi connectivity index (χ1) is 8.06. The second kappa shape index (κ2) is 6.10. The lowest BCUT2D eigenvalue weighted by Crippen LogP contribution is -2.46. The highest BCUT2D eigenvalue weighted by Gasteiger charge is 2.25. The first-order valence-corrected chi connectivity index (χ1v) is 6.54. The predicted molar refractivity (Wildman–Crippen MR) is 69.6 cm³/mol. The SMILES string of the molecule is CCc1occc1C(=O)NC(C)(CC)CCCl. The average Bonchev–Trinajstić information content (AvgIpc) is 2.77. The summed E-state index contributed by atoms with van der Waals surface area (Å²) in [7, 11) is 0. The van der Waals surface area contributed by atoms with Crippen LogP contribution in [0.2, 0.25) is 0 Å². The topological polar surface area (TPSA) is 42.2 Å². The Hall–Kier alpha value is -0.960. The third kappa shape index (κ3) is 3.50. The zero-order chi connectivity index (χ0) is 12.9. The number of rotatable bonds is 6. The van der Waals surface area contributed by atoms with Crippen LogP contribution in [0.3, 0.4) is 0 Å². The first kappa shape index (κ1) is 14.1. The van der Waals surface area contributed by atoms with E-state index in [4.69, 9.17) is 16.0 Å². The molecule has 0 saturated carbocycles. The lowest BCUT2D eigenvalue weighted by Gasteiger charge is -2.28. The van der Waals surface area contributed by atoms with Gasteiger partial charge in [0, 0.05) is 17.8 Å². The molecule has 0 radical (unpaired) electrons. The van der Waals surface area contributed by atoms with Crippen molar-refractivity contribution in [3.63, 3.8) is 0 Å². The van der Waals surface area contributed by atoms with E-state index in [9.17, 15) is 4.79 Å². The van der Waals surface area contributed by atoms with Crippen LogP contribution in [0.5, 0.6) is 0 Å². The Morgan fingerprint density at radius 3 is 2.76 bits per heavy atom. The van der Waals surface area contributed by atoms with Crippen LogP contribution < -0.4 is 5.32 Å². The third-order valence-electron chi connectivity index (χ3n) is 3.15. The van der Waals surface area contributed by atoms with Crippen molar-refractivity contribution in [2.45, 2.75) is 45.6 Å². The minimum absolute atomic E-state index is 0.0786. The molecule has 0 bridgehead atoms. The third-order valence-corrected chi connectivity index (χ3v) is 3.34. The zero-order valence-corrected chi connectivity index (χ0v) is 11.4. The molecular weight excluding hydrogens is 238 g/mol. The molecule has 1 unspecified atom stereocenters. The monoisotopic (exact) mass is 257 g/mol. The molecule has 0 fully saturated rings. The molecule has 1 aromatic heterocycles. The standard InChI is InChI=1S/C13H20ClNO2/c1-4-11-10(6-9-17-11)12(16)15-13(3,5-2)7-8-14/h6,9H,4-5,7-8H2,1-3H3,(H,15,16). The van der Waals surface area contributed by atoms with Gasteiger partial charge in [0.05, 0.1) is 11.8 Å².